The Labute approximate surface area is 139 Å². The lowest BCUT2D eigenvalue weighted by atomic mass is 9.94. The Morgan fingerprint density at radius 3 is 2.58 bits per heavy atom. The van der Waals surface area contributed by atoms with Crippen LogP contribution < -0.4 is 10.5 Å². The molecule has 0 amide bonds. The van der Waals surface area contributed by atoms with Gasteiger partial charge in [0.15, 0.2) is 0 Å². The largest absolute Gasteiger partial charge is 0.496 e. The van der Waals surface area contributed by atoms with Gasteiger partial charge in [-0.25, -0.2) is 0 Å². The fraction of sp³-hybridized carbons (Fsp3) is 0.286. The molecule has 0 saturated carbocycles. The molecule has 0 spiro atoms. The van der Waals surface area contributed by atoms with Crippen LogP contribution >= 0.6 is 49.9 Å². The Morgan fingerprint density at radius 2 is 2.05 bits per heavy atom. The summed E-state index contributed by atoms with van der Waals surface area (Å²) in [5.41, 5.74) is 10.9. The van der Waals surface area contributed by atoms with Crippen LogP contribution in [0.1, 0.15) is 28.3 Å². The molecule has 0 aliphatic rings. The van der Waals surface area contributed by atoms with Crippen LogP contribution in [0, 0.1) is 16.7 Å². The van der Waals surface area contributed by atoms with E-state index in [1.54, 1.807) is 18.4 Å². The van der Waals surface area contributed by atoms with E-state index in [9.17, 15) is 0 Å². The average molecular weight is 452 g/mol. The Hall–Kier alpha value is -0.110. The molecule has 2 aromatic rings. The van der Waals surface area contributed by atoms with E-state index in [-0.39, 0.29) is 6.04 Å². The third kappa shape index (κ3) is 2.99. The van der Waals surface area contributed by atoms with E-state index in [1.165, 1.54) is 2.88 Å². The van der Waals surface area contributed by atoms with Crippen LogP contribution in [-0.4, -0.2) is 7.11 Å². The molecular formula is C14H15BrINOS. The van der Waals surface area contributed by atoms with Crippen LogP contribution in [0.4, 0.5) is 0 Å². The maximum Gasteiger partial charge on any atom is 0.127 e. The van der Waals surface area contributed by atoms with Crippen LogP contribution in [0.2, 0.25) is 0 Å². The Morgan fingerprint density at radius 1 is 1.37 bits per heavy atom. The second kappa shape index (κ2) is 6.11. The molecule has 2 nitrogen and oxygen atoms in total. The summed E-state index contributed by atoms with van der Waals surface area (Å²) in [5, 5.41) is 2.11. The van der Waals surface area contributed by atoms with Crippen molar-refractivity contribution in [3.05, 3.63) is 47.1 Å². The SMILES string of the molecule is COc1c(C)cc(Br)c(C)c1C(N)c1csc(I)c1. The van der Waals surface area contributed by atoms with Gasteiger partial charge in [-0.1, -0.05) is 15.9 Å². The van der Waals surface area contributed by atoms with E-state index in [0.29, 0.717) is 0 Å². The molecule has 19 heavy (non-hydrogen) atoms. The lowest BCUT2D eigenvalue weighted by Crippen LogP contribution is -2.15. The quantitative estimate of drug-likeness (QED) is 0.681. The number of methoxy groups -OCH3 is 1. The zero-order chi connectivity index (χ0) is 14.2. The third-order valence-electron chi connectivity index (χ3n) is 3.17. The van der Waals surface area contributed by atoms with Crippen molar-refractivity contribution in [3.8, 4) is 5.75 Å². The highest BCUT2D eigenvalue weighted by atomic mass is 127. The molecule has 0 aliphatic heterocycles. The highest BCUT2D eigenvalue weighted by Crippen LogP contribution is 2.38. The number of benzene rings is 1. The molecule has 0 saturated heterocycles. The number of nitrogens with two attached hydrogens (primary N) is 1. The minimum Gasteiger partial charge on any atom is -0.496 e. The second-order valence-corrected chi connectivity index (χ2v) is 8.07. The van der Waals surface area contributed by atoms with Crippen LogP contribution in [0.25, 0.3) is 0 Å². The van der Waals surface area contributed by atoms with Crippen molar-refractivity contribution >= 4 is 49.9 Å². The lowest BCUT2D eigenvalue weighted by molar-refractivity contribution is 0.404. The number of thiophene rings is 1. The smallest absolute Gasteiger partial charge is 0.127 e. The molecule has 5 heteroatoms. The van der Waals surface area contributed by atoms with Crippen molar-refractivity contribution < 1.29 is 4.74 Å². The third-order valence-corrected chi connectivity index (χ3v) is 5.80. The number of ether oxygens (including phenoxy) is 1. The van der Waals surface area contributed by atoms with Gasteiger partial charge in [-0.15, -0.1) is 11.3 Å². The second-order valence-electron chi connectivity index (χ2n) is 4.41. The summed E-state index contributed by atoms with van der Waals surface area (Å²) in [5.74, 6) is 0.884. The Kier molecular flexibility index (Phi) is 4.92. The topological polar surface area (TPSA) is 35.2 Å². The van der Waals surface area contributed by atoms with Crippen molar-refractivity contribution in [1.29, 1.82) is 0 Å². The maximum absolute atomic E-state index is 6.45. The molecule has 1 heterocycles. The number of rotatable bonds is 3. The van der Waals surface area contributed by atoms with Crippen molar-refractivity contribution in [2.24, 2.45) is 5.73 Å². The predicted octanol–water partition coefficient (Wildman–Crippen LogP) is 4.79. The average Bonchev–Trinajstić information content (AvgIpc) is 2.79. The standard InChI is InChI=1S/C14H15BrINOS/c1-7-4-10(15)8(2)12(14(7)18-3)13(17)9-5-11(16)19-6-9/h4-6,13H,17H2,1-3H3. The summed E-state index contributed by atoms with van der Waals surface area (Å²) in [6.45, 7) is 4.11. The van der Waals surface area contributed by atoms with Gasteiger partial charge >= 0.3 is 0 Å². The van der Waals surface area contributed by atoms with E-state index in [0.717, 1.165) is 32.5 Å². The molecule has 1 atom stereocenters. The highest BCUT2D eigenvalue weighted by molar-refractivity contribution is 14.1. The van der Waals surface area contributed by atoms with E-state index in [4.69, 9.17) is 10.5 Å². The van der Waals surface area contributed by atoms with Crippen molar-refractivity contribution in [3.63, 3.8) is 0 Å². The molecule has 2 N–H and O–H groups in total. The normalized spacial score (nSPS) is 12.5. The number of halogens is 2. The Bertz CT molecular complexity index is 612. The van der Waals surface area contributed by atoms with Crippen molar-refractivity contribution in [2.75, 3.05) is 7.11 Å². The molecule has 0 bridgehead atoms. The first-order chi connectivity index (χ1) is 8.95. The van der Waals surface area contributed by atoms with Gasteiger partial charge in [0.25, 0.3) is 0 Å². The van der Waals surface area contributed by atoms with E-state index < -0.39 is 0 Å². The van der Waals surface area contributed by atoms with Gasteiger partial charge < -0.3 is 10.5 Å². The summed E-state index contributed by atoms with van der Waals surface area (Å²) in [6.07, 6.45) is 0. The van der Waals surface area contributed by atoms with Crippen molar-refractivity contribution in [1.82, 2.24) is 0 Å². The monoisotopic (exact) mass is 451 g/mol. The van der Waals surface area contributed by atoms with Crippen LogP contribution in [-0.2, 0) is 0 Å². The van der Waals surface area contributed by atoms with Gasteiger partial charge in [0.05, 0.1) is 16.0 Å². The van der Waals surface area contributed by atoms with E-state index >= 15 is 0 Å². The first-order valence-corrected chi connectivity index (χ1v) is 8.54. The van der Waals surface area contributed by atoms with E-state index in [2.05, 4.69) is 63.0 Å². The summed E-state index contributed by atoms with van der Waals surface area (Å²) in [4.78, 5) is 0. The molecule has 1 aromatic carbocycles. The summed E-state index contributed by atoms with van der Waals surface area (Å²) in [7, 11) is 1.70. The predicted molar refractivity (Wildman–Crippen MR) is 93.2 cm³/mol. The maximum atomic E-state index is 6.45. The molecule has 102 valence electrons. The van der Waals surface area contributed by atoms with Gasteiger partial charge in [-0.2, -0.15) is 0 Å². The van der Waals surface area contributed by atoms with Crippen molar-refractivity contribution in [2.45, 2.75) is 19.9 Å². The van der Waals surface area contributed by atoms with Crippen LogP contribution in [0.5, 0.6) is 5.75 Å². The lowest BCUT2D eigenvalue weighted by Gasteiger charge is -2.20. The van der Waals surface area contributed by atoms with Gasteiger partial charge in [-0.05, 0) is 70.6 Å². The summed E-state index contributed by atoms with van der Waals surface area (Å²) in [6, 6.07) is 4.04. The van der Waals surface area contributed by atoms with Crippen LogP contribution in [0.3, 0.4) is 0 Å². The first-order valence-electron chi connectivity index (χ1n) is 5.78. The fourth-order valence-corrected chi connectivity index (χ4v) is 4.14. The minimum absolute atomic E-state index is 0.161. The zero-order valence-corrected chi connectivity index (χ0v) is 15.5. The summed E-state index contributed by atoms with van der Waals surface area (Å²) < 4.78 is 7.87. The molecular weight excluding hydrogens is 437 g/mol. The van der Waals surface area contributed by atoms with E-state index in [1.807, 2.05) is 6.92 Å². The van der Waals surface area contributed by atoms with Gasteiger partial charge in [0.1, 0.15) is 5.75 Å². The minimum atomic E-state index is -0.161. The molecule has 2 rings (SSSR count). The van der Waals surface area contributed by atoms with Gasteiger partial charge in [0, 0.05) is 10.0 Å². The van der Waals surface area contributed by atoms with Gasteiger partial charge in [-0.3, -0.25) is 0 Å². The Balaban J connectivity index is 2.60. The number of hydrogen-bond acceptors (Lipinski definition) is 3. The molecule has 0 radical (unpaired) electrons. The summed E-state index contributed by atoms with van der Waals surface area (Å²) >= 11 is 7.62. The van der Waals surface area contributed by atoms with Gasteiger partial charge in [0.2, 0.25) is 0 Å². The number of aryl methyl sites for hydroxylation is 1. The highest BCUT2D eigenvalue weighted by Gasteiger charge is 2.21. The van der Waals surface area contributed by atoms with Crippen LogP contribution in [0.15, 0.2) is 22.0 Å². The first kappa shape index (κ1) is 15.3. The fourth-order valence-electron chi connectivity index (χ4n) is 2.17. The molecule has 0 aliphatic carbocycles. The number of hydrogen-bond donors (Lipinski definition) is 1. The molecule has 1 unspecified atom stereocenters. The zero-order valence-electron chi connectivity index (χ0n) is 11.0. The molecule has 0 fully saturated rings. The molecule has 1 aromatic heterocycles.